The molecule has 0 amide bonds. The van der Waals surface area contributed by atoms with Crippen LogP contribution in [0.1, 0.15) is 69.6 Å². The van der Waals surface area contributed by atoms with Gasteiger partial charge in [-0.3, -0.25) is 19.9 Å². The molecule has 4 heterocycles. The fraction of sp³-hybridized carbons (Fsp3) is 0.283. The minimum atomic E-state index is -5.76. The molecule has 0 fully saturated rings. The van der Waals surface area contributed by atoms with Crippen molar-refractivity contribution in [2.75, 3.05) is 14.2 Å². The third kappa shape index (κ3) is 9.58. The lowest BCUT2D eigenvalue weighted by Crippen LogP contribution is -2.31. The number of alkyl halides is 3. The molecule has 312 valence electrons. The van der Waals surface area contributed by atoms with Gasteiger partial charge in [-0.05, 0) is 84.3 Å². The van der Waals surface area contributed by atoms with E-state index in [0.717, 1.165) is 45.5 Å². The van der Waals surface area contributed by atoms with Gasteiger partial charge in [0.15, 0.2) is 5.75 Å². The standard InChI is InChI=1S/C23H23F3N2O4S.C23H23N3O/c1-15(2)22(3,21-10-9-19(14-28-21)32-33(29,30)23(24,25)26)18-7-5-16(6-8-18)17-11-20(31-4)13-27-12-17;1-16(2)23(3,22-10-5-17(12-24)13-26-22)20-8-6-18(7-9-20)19-11-21(27-4)15-25-14-19/h5-15H,1-4H3;5-11,13-16H,1-4H3. The first-order valence-electron chi connectivity index (χ1n) is 18.9. The van der Waals surface area contributed by atoms with Crippen molar-refractivity contribution >= 4 is 10.1 Å². The van der Waals surface area contributed by atoms with Crippen LogP contribution in [0.3, 0.4) is 0 Å². The van der Waals surface area contributed by atoms with E-state index >= 15 is 0 Å². The molecule has 6 rings (SSSR count). The Hall–Kier alpha value is -6.33. The third-order valence-electron chi connectivity index (χ3n) is 11.0. The normalized spacial score (nSPS) is 13.6. The van der Waals surface area contributed by atoms with Crippen molar-refractivity contribution in [3.05, 3.63) is 150 Å². The van der Waals surface area contributed by atoms with E-state index in [1.54, 1.807) is 39.0 Å². The molecule has 2 aromatic carbocycles. The highest BCUT2D eigenvalue weighted by atomic mass is 32.2. The molecular formula is C46H46F3N5O5S. The van der Waals surface area contributed by atoms with Crippen LogP contribution in [0.5, 0.6) is 17.2 Å². The highest BCUT2D eigenvalue weighted by molar-refractivity contribution is 7.88. The van der Waals surface area contributed by atoms with E-state index in [0.29, 0.717) is 22.9 Å². The zero-order chi connectivity index (χ0) is 43.9. The van der Waals surface area contributed by atoms with Gasteiger partial charge in [0.2, 0.25) is 0 Å². The molecule has 0 spiro atoms. The number of halogens is 3. The summed E-state index contributed by atoms with van der Waals surface area (Å²) in [5.74, 6) is 1.26. The van der Waals surface area contributed by atoms with E-state index in [2.05, 4.69) is 75.2 Å². The summed E-state index contributed by atoms with van der Waals surface area (Å²) < 4.78 is 74.8. The molecule has 0 radical (unpaired) electrons. The molecule has 10 nitrogen and oxygen atoms in total. The van der Waals surface area contributed by atoms with E-state index in [4.69, 9.17) is 14.7 Å². The second-order valence-electron chi connectivity index (χ2n) is 15.0. The van der Waals surface area contributed by atoms with Gasteiger partial charge in [0.1, 0.15) is 17.6 Å². The van der Waals surface area contributed by atoms with Gasteiger partial charge in [0, 0.05) is 40.5 Å². The zero-order valence-electron chi connectivity index (χ0n) is 34.5. The topological polar surface area (TPSA) is 137 Å². The van der Waals surface area contributed by atoms with Gasteiger partial charge in [-0.1, -0.05) is 76.2 Å². The first kappa shape index (κ1) is 44.8. The minimum Gasteiger partial charge on any atom is -0.495 e. The lowest BCUT2D eigenvalue weighted by molar-refractivity contribution is -0.0500. The molecule has 0 saturated carbocycles. The van der Waals surface area contributed by atoms with Crippen LogP contribution in [0.25, 0.3) is 22.3 Å². The van der Waals surface area contributed by atoms with Crippen LogP contribution in [0, 0.1) is 23.2 Å². The first-order valence-corrected chi connectivity index (χ1v) is 20.3. The maximum Gasteiger partial charge on any atom is 0.534 e. The molecule has 0 N–H and O–H groups in total. The quantitative estimate of drug-likeness (QED) is 0.0865. The number of nitriles is 1. The molecule has 0 aliphatic carbocycles. The Morgan fingerprint density at radius 3 is 1.35 bits per heavy atom. The predicted octanol–water partition coefficient (Wildman–Crippen LogP) is 10.3. The van der Waals surface area contributed by atoms with Gasteiger partial charge in [-0.15, -0.1) is 0 Å². The summed E-state index contributed by atoms with van der Waals surface area (Å²) in [6, 6.07) is 28.7. The third-order valence-corrected chi connectivity index (χ3v) is 12.0. The number of ether oxygens (including phenoxy) is 2. The number of hydrogen-bond donors (Lipinski definition) is 0. The second kappa shape index (κ2) is 18.3. The van der Waals surface area contributed by atoms with E-state index in [1.807, 2.05) is 75.5 Å². The number of methoxy groups -OCH3 is 2. The van der Waals surface area contributed by atoms with Gasteiger partial charge in [-0.2, -0.15) is 26.9 Å². The van der Waals surface area contributed by atoms with Crippen LogP contribution in [0.15, 0.2) is 122 Å². The average molecular weight is 838 g/mol. The summed E-state index contributed by atoms with van der Waals surface area (Å²) in [5, 5.41) is 9.03. The molecule has 6 aromatic rings. The number of benzene rings is 2. The maximum absolute atomic E-state index is 12.6. The lowest BCUT2D eigenvalue weighted by atomic mass is 9.70. The Morgan fingerprint density at radius 1 is 0.583 bits per heavy atom. The Kier molecular flexibility index (Phi) is 13.7. The van der Waals surface area contributed by atoms with Crippen LogP contribution in [0.4, 0.5) is 13.2 Å². The SMILES string of the molecule is COc1cncc(-c2ccc(C(C)(c3ccc(C#N)cn3)C(C)C)cc2)c1.COc1cncc(-c2ccc(C(C)(c3ccc(OS(=O)(=O)C(F)(F)F)cn3)C(C)C)cc2)c1. The largest absolute Gasteiger partial charge is 0.534 e. The van der Waals surface area contributed by atoms with Crippen molar-refractivity contribution in [3.63, 3.8) is 0 Å². The molecule has 60 heavy (non-hydrogen) atoms. The number of hydrogen-bond acceptors (Lipinski definition) is 10. The number of pyridine rings is 4. The van der Waals surface area contributed by atoms with E-state index < -0.39 is 26.8 Å². The molecule has 2 unspecified atom stereocenters. The van der Waals surface area contributed by atoms with Crippen molar-refractivity contribution in [1.82, 2.24) is 19.9 Å². The average Bonchev–Trinajstić information content (AvgIpc) is 3.25. The van der Waals surface area contributed by atoms with Gasteiger partial charge in [-0.25, -0.2) is 0 Å². The summed E-state index contributed by atoms with van der Waals surface area (Å²) in [4.78, 5) is 17.2. The summed E-state index contributed by atoms with van der Waals surface area (Å²) in [7, 11) is -2.55. The molecule has 4 aromatic heterocycles. The zero-order valence-corrected chi connectivity index (χ0v) is 35.3. The molecular weight excluding hydrogens is 792 g/mol. The van der Waals surface area contributed by atoms with Gasteiger partial charge in [0.05, 0.1) is 49.8 Å². The van der Waals surface area contributed by atoms with Crippen LogP contribution < -0.4 is 13.7 Å². The number of aromatic nitrogens is 4. The fourth-order valence-electron chi connectivity index (χ4n) is 6.63. The molecule has 0 aliphatic rings. The van der Waals surface area contributed by atoms with Crippen molar-refractivity contribution in [1.29, 1.82) is 5.26 Å². The number of nitrogens with zero attached hydrogens (tertiary/aromatic N) is 5. The minimum absolute atomic E-state index is 0.0556. The summed E-state index contributed by atoms with van der Waals surface area (Å²) in [5.41, 5.74) is 1.78. The van der Waals surface area contributed by atoms with Gasteiger partial charge in [0.25, 0.3) is 0 Å². The fourth-order valence-corrected chi connectivity index (χ4v) is 7.07. The van der Waals surface area contributed by atoms with Crippen molar-refractivity contribution < 1.29 is 35.2 Å². The molecule has 0 saturated heterocycles. The van der Waals surface area contributed by atoms with E-state index in [1.165, 1.54) is 17.7 Å². The van der Waals surface area contributed by atoms with Crippen LogP contribution in [-0.2, 0) is 20.9 Å². The van der Waals surface area contributed by atoms with Crippen LogP contribution in [0.2, 0.25) is 0 Å². The van der Waals surface area contributed by atoms with Crippen molar-refractivity contribution in [2.45, 2.75) is 57.9 Å². The molecule has 0 bridgehead atoms. The Labute approximate surface area is 349 Å². The van der Waals surface area contributed by atoms with Crippen molar-refractivity contribution in [2.24, 2.45) is 11.8 Å². The molecule has 2 atom stereocenters. The summed E-state index contributed by atoms with van der Waals surface area (Å²) >= 11 is 0. The van der Waals surface area contributed by atoms with Crippen molar-refractivity contribution in [3.8, 4) is 45.6 Å². The Morgan fingerprint density at radius 2 is 1.02 bits per heavy atom. The highest BCUT2D eigenvalue weighted by Crippen LogP contribution is 2.41. The van der Waals surface area contributed by atoms with Crippen LogP contribution >= 0.6 is 0 Å². The second-order valence-corrected chi connectivity index (χ2v) is 16.5. The molecule has 0 aliphatic heterocycles. The van der Waals surface area contributed by atoms with Gasteiger partial charge < -0.3 is 13.7 Å². The Bertz CT molecular complexity index is 2530. The monoisotopic (exact) mass is 837 g/mol. The maximum atomic E-state index is 12.6. The Balaban J connectivity index is 0.000000232. The number of rotatable bonds is 12. The summed E-state index contributed by atoms with van der Waals surface area (Å²) in [6.07, 6.45) is 9.51. The lowest BCUT2D eigenvalue weighted by Gasteiger charge is -2.34. The first-order chi connectivity index (χ1) is 28.4. The van der Waals surface area contributed by atoms with Gasteiger partial charge >= 0.3 is 15.6 Å². The van der Waals surface area contributed by atoms with E-state index in [9.17, 15) is 21.6 Å². The molecule has 14 heteroatoms. The van der Waals surface area contributed by atoms with Crippen LogP contribution in [-0.4, -0.2) is 48.1 Å². The predicted molar refractivity (Wildman–Crippen MR) is 224 cm³/mol. The smallest absolute Gasteiger partial charge is 0.495 e. The van der Waals surface area contributed by atoms with E-state index in [-0.39, 0.29) is 11.3 Å². The highest BCUT2D eigenvalue weighted by Gasteiger charge is 2.48. The summed E-state index contributed by atoms with van der Waals surface area (Å²) in [6.45, 7) is 12.6.